The summed E-state index contributed by atoms with van der Waals surface area (Å²) >= 11 is 10.2. The Morgan fingerprint density at radius 3 is 2.22 bits per heavy atom. The van der Waals surface area contributed by atoms with E-state index in [9.17, 15) is 5.11 Å². The molecule has 18 heavy (non-hydrogen) atoms. The lowest BCUT2D eigenvalue weighted by molar-refractivity contribution is 0.276. The summed E-state index contributed by atoms with van der Waals surface area (Å²) in [5.41, 5.74) is 0.744. The molecule has 0 saturated heterocycles. The summed E-state index contributed by atoms with van der Waals surface area (Å²) < 4.78 is 8.53. The van der Waals surface area contributed by atoms with Crippen LogP contribution in [0.15, 0.2) is 49.8 Å². The summed E-state index contributed by atoms with van der Waals surface area (Å²) in [6.07, 6.45) is 0. The minimum absolute atomic E-state index is 0.0588. The zero-order valence-corrected chi connectivity index (χ0v) is 13.9. The predicted molar refractivity (Wildman–Crippen MR) is 82.0 cm³/mol. The number of halogens is 3. The molecule has 0 aromatic heterocycles. The molecule has 2 aromatic carbocycles. The van der Waals surface area contributed by atoms with E-state index >= 15 is 0 Å². The van der Waals surface area contributed by atoms with Crippen LogP contribution in [0.4, 0.5) is 0 Å². The summed E-state index contributed by atoms with van der Waals surface area (Å²) in [5, 5.41) is 9.29. The molecule has 2 rings (SSSR count). The minimum atomic E-state index is -0.0588. The Morgan fingerprint density at radius 2 is 1.56 bits per heavy atom. The second-order valence-electron chi connectivity index (χ2n) is 3.59. The maximum atomic E-state index is 9.29. The molecule has 2 aromatic rings. The van der Waals surface area contributed by atoms with Crippen LogP contribution in [-0.4, -0.2) is 5.11 Å². The van der Waals surface area contributed by atoms with Crippen LogP contribution in [0, 0.1) is 0 Å². The lowest BCUT2D eigenvalue weighted by Gasteiger charge is -2.11. The van der Waals surface area contributed by atoms with Crippen molar-refractivity contribution in [1.82, 2.24) is 0 Å². The molecule has 0 radical (unpaired) electrons. The van der Waals surface area contributed by atoms with Gasteiger partial charge in [-0.25, -0.2) is 0 Å². The molecule has 0 bridgehead atoms. The molecule has 0 aliphatic carbocycles. The van der Waals surface area contributed by atoms with Crippen molar-refractivity contribution in [1.29, 1.82) is 0 Å². The van der Waals surface area contributed by atoms with Crippen molar-refractivity contribution in [3.63, 3.8) is 0 Å². The highest BCUT2D eigenvalue weighted by molar-refractivity contribution is 9.11. The quantitative estimate of drug-likeness (QED) is 0.711. The van der Waals surface area contributed by atoms with Gasteiger partial charge in [0.1, 0.15) is 11.5 Å². The maximum Gasteiger partial charge on any atom is 0.141 e. The normalized spacial score (nSPS) is 10.4. The van der Waals surface area contributed by atoms with Gasteiger partial charge in [-0.15, -0.1) is 0 Å². The topological polar surface area (TPSA) is 29.5 Å². The smallest absolute Gasteiger partial charge is 0.141 e. The molecule has 0 heterocycles. The Kier molecular flexibility index (Phi) is 4.84. The fourth-order valence-corrected chi connectivity index (χ4v) is 2.90. The van der Waals surface area contributed by atoms with E-state index in [-0.39, 0.29) is 6.61 Å². The molecule has 0 amide bonds. The largest absolute Gasteiger partial charge is 0.456 e. The van der Waals surface area contributed by atoms with Crippen LogP contribution >= 0.6 is 47.8 Å². The summed E-state index contributed by atoms with van der Waals surface area (Å²) in [4.78, 5) is 0. The number of rotatable bonds is 3. The molecule has 94 valence electrons. The molecule has 0 aliphatic rings. The van der Waals surface area contributed by atoms with Gasteiger partial charge in [0.25, 0.3) is 0 Å². The fraction of sp³-hybridized carbons (Fsp3) is 0.0769. The number of aliphatic hydroxyl groups excluding tert-OH is 1. The summed E-state index contributed by atoms with van der Waals surface area (Å²) in [5.74, 6) is 1.33. The van der Waals surface area contributed by atoms with E-state index in [0.29, 0.717) is 11.5 Å². The lowest BCUT2D eigenvalue weighted by Crippen LogP contribution is -1.92. The second kappa shape index (κ2) is 6.19. The molecule has 0 saturated carbocycles. The van der Waals surface area contributed by atoms with E-state index in [1.165, 1.54) is 0 Å². The van der Waals surface area contributed by atoms with E-state index in [1.54, 1.807) is 0 Å². The number of hydrogen-bond acceptors (Lipinski definition) is 2. The Morgan fingerprint density at radius 1 is 0.889 bits per heavy atom. The maximum absolute atomic E-state index is 9.29. The first-order valence-corrected chi connectivity index (χ1v) is 7.50. The highest BCUT2D eigenvalue weighted by Gasteiger charge is 2.08. The van der Waals surface area contributed by atoms with Crippen LogP contribution < -0.4 is 4.74 Å². The van der Waals surface area contributed by atoms with Crippen molar-refractivity contribution < 1.29 is 9.84 Å². The molecule has 0 spiro atoms. The van der Waals surface area contributed by atoms with Crippen molar-refractivity contribution in [3.05, 3.63) is 55.4 Å². The van der Waals surface area contributed by atoms with Gasteiger partial charge in [0.2, 0.25) is 0 Å². The van der Waals surface area contributed by atoms with E-state index in [1.807, 2.05) is 36.4 Å². The monoisotopic (exact) mass is 434 g/mol. The van der Waals surface area contributed by atoms with Gasteiger partial charge in [0, 0.05) is 14.5 Å². The average Bonchev–Trinajstić information content (AvgIpc) is 2.33. The van der Waals surface area contributed by atoms with Crippen LogP contribution in [0.1, 0.15) is 5.56 Å². The Balaban J connectivity index is 2.36. The number of ether oxygens (including phenoxy) is 1. The Labute approximate surface area is 130 Å². The molecule has 2 nitrogen and oxygen atoms in total. The molecule has 1 N–H and O–H groups in total. The number of benzene rings is 2. The molecule has 0 aliphatic heterocycles. The van der Waals surface area contributed by atoms with Crippen LogP contribution in [0.3, 0.4) is 0 Å². The third kappa shape index (κ3) is 3.35. The molecule has 5 heteroatoms. The molecule has 0 fully saturated rings. The van der Waals surface area contributed by atoms with Crippen LogP contribution in [0.2, 0.25) is 0 Å². The van der Waals surface area contributed by atoms with Crippen LogP contribution in [-0.2, 0) is 6.61 Å². The van der Waals surface area contributed by atoms with E-state index in [2.05, 4.69) is 47.8 Å². The van der Waals surface area contributed by atoms with Crippen molar-refractivity contribution in [2.24, 2.45) is 0 Å². The van der Waals surface area contributed by atoms with Gasteiger partial charge in [-0.1, -0.05) is 37.9 Å². The highest BCUT2D eigenvalue weighted by atomic mass is 79.9. The first kappa shape index (κ1) is 14.1. The van der Waals surface area contributed by atoms with E-state index < -0.39 is 0 Å². The minimum Gasteiger partial charge on any atom is -0.456 e. The lowest BCUT2D eigenvalue weighted by atomic mass is 10.2. The van der Waals surface area contributed by atoms with Gasteiger partial charge >= 0.3 is 0 Å². The summed E-state index contributed by atoms with van der Waals surface area (Å²) in [6.45, 7) is -0.0588. The fourth-order valence-electron chi connectivity index (χ4n) is 1.43. The van der Waals surface area contributed by atoms with Crippen molar-refractivity contribution in [2.75, 3.05) is 0 Å². The van der Waals surface area contributed by atoms with Crippen molar-refractivity contribution in [2.45, 2.75) is 6.61 Å². The third-order valence-electron chi connectivity index (χ3n) is 2.31. The summed E-state index contributed by atoms with van der Waals surface area (Å²) in [6, 6.07) is 11.2. The highest BCUT2D eigenvalue weighted by Crippen LogP contribution is 2.34. The molecular weight excluding hydrogens is 428 g/mol. The van der Waals surface area contributed by atoms with Crippen LogP contribution in [0.5, 0.6) is 11.5 Å². The SMILES string of the molecule is OCc1ccc(Br)cc1Oc1ccc(Br)cc1Br. The molecule has 0 atom stereocenters. The zero-order valence-electron chi connectivity index (χ0n) is 9.16. The van der Waals surface area contributed by atoms with Gasteiger partial charge in [-0.3, -0.25) is 0 Å². The van der Waals surface area contributed by atoms with E-state index in [0.717, 1.165) is 19.0 Å². The average molecular weight is 437 g/mol. The van der Waals surface area contributed by atoms with Crippen molar-refractivity contribution >= 4 is 47.8 Å². The van der Waals surface area contributed by atoms with Gasteiger partial charge < -0.3 is 9.84 Å². The van der Waals surface area contributed by atoms with Gasteiger partial charge in [0.05, 0.1) is 11.1 Å². The number of hydrogen-bond donors (Lipinski definition) is 1. The second-order valence-corrected chi connectivity index (χ2v) is 6.27. The predicted octanol–water partition coefficient (Wildman–Crippen LogP) is 5.26. The molecular formula is C13H9Br3O2. The summed E-state index contributed by atoms with van der Waals surface area (Å²) in [7, 11) is 0. The standard InChI is InChI=1S/C13H9Br3O2/c14-9-3-4-12(11(16)5-9)18-13-6-10(15)2-1-8(13)7-17/h1-6,17H,7H2. The van der Waals surface area contributed by atoms with Gasteiger partial charge in [0.15, 0.2) is 0 Å². The Hall–Kier alpha value is -0.360. The van der Waals surface area contributed by atoms with Gasteiger partial charge in [-0.2, -0.15) is 0 Å². The molecule has 0 unspecified atom stereocenters. The first-order chi connectivity index (χ1) is 8.60. The first-order valence-electron chi connectivity index (χ1n) is 5.12. The number of aliphatic hydroxyl groups is 1. The van der Waals surface area contributed by atoms with Crippen LogP contribution in [0.25, 0.3) is 0 Å². The Bertz CT molecular complexity index is 570. The zero-order chi connectivity index (χ0) is 13.1. The third-order valence-corrected chi connectivity index (χ3v) is 3.92. The van der Waals surface area contributed by atoms with Gasteiger partial charge in [-0.05, 0) is 46.3 Å². The van der Waals surface area contributed by atoms with E-state index in [4.69, 9.17) is 4.74 Å². The van der Waals surface area contributed by atoms with Crippen molar-refractivity contribution in [3.8, 4) is 11.5 Å².